The Balaban J connectivity index is 0.925. The lowest BCUT2D eigenvalue weighted by Crippen LogP contribution is -2.28. The number of hydrogen-bond acceptors (Lipinski definition) is 4. The Kier molecular flexibility index (Phi) is 7.28. The highest BCUT2D eigenvalue weighted by Gasteiger charge is 2.48. The largest absolute Gasteiger partial charge is 0.457 e. The van der Waals surface area contributed by atoms with Gasteiger partial charge in [0.15, 0.2) is 17.2 Å². The summed E-state index contributed by atoms with van der Waals surface area (Å²) in [6.45, 7) is 2.34. The zero-order valence-corrected chi connectivity index (χ0v) is 32.3. The van der Waals surface area contributed by atoms with E-state index in [2.05, 4.69) is 168 Å². The Morgan fingerprint density at radius 3 is 1.88 bits per heavy atom. The predicted molar refractivity (Wildman–Crippen MR) is 236 cm³/mol. The molecule has 0 unspecified atom stereocenters. The van der Waals surface area contributed by atoms with Gasteiger partial charge in [-0.15, -0.1) is 0 Å². The van der Waals surface area contributed by atoms with Gasteiger partial charge in [-0.25, -0.2) is 0 Å². The minimum atomic E-state index is -0.157. The molecule has 4 heteroatoms. The van der Waals surface area contributed by atoms with Crippen molar-refractivity contribution in [3.63, 3.8) is 0 Å². The summed E-state index contributed by atoms with van der Waals surface area (Å²) in [5.41, 5.74) is 18.7. The maximum Gasteiger partial charge on any atom is 0.151 e. The Morgan fingerprint density at radius 1 is 0.569 bits per heavy atom. The van der Waals surface area contributed by atoms with E-state index in [-0.39, 0.29) is 5.41 Å². The van der Waals surface area contributed by atoms with E-state index in [9.17, 15) is 0 Å². The predicted octanol–water partition coefficient (Wildman–Crippen LogP) is 13.9. The van der Waals surface area contributed by atoms with Crippen molar-refractivity contribution in [2.75, 3.05) is 9.80 Å². The molecule has 7 aromatic carbocycles. The molecule has 0 amide bonds. The Bertz CT molecular complexity index is 2860. The highest BCUT2D eigenvalue weighted by molar-refractivity contribution is 5.90. The molecular formula is C54H40N2O2. The summed E-state index contributed by atoms with van der Waals surface area (Å²) in [4.78, 5) is 4.71. The van der Waals surface area contributed by atoms with Crippen molar-refractivity contribution in [3.05, 3.63) is 214 Å². The van der Waals surface area contributed by atoms with Crippen molar-refractivity contribution in [1.29, 1.82) is 0 Å². The normalized spacial score (nSPS) is 16.2. The second kappa shape index (κ2) is 12.7. The van der Waals surface area contributed by atoms with E-state index in [1.165, 1.54) is 50.2 Å². The molecule has 0 saturated carbocycles. The molecule has 2 aliphatic heterocycles. The lowest BCUT2D eigenvalue weighted by Gasteiger charge is -2.36. The molecule has 5 aliphatic rings. The Hall–Kier alpha value is -7.04. The van der Waals surface area contributed by atoms with Gasteiger partial charge >= 0.3 is 0 Å². The smallest absolute Gasteiger partial charge is 0.151 e. The molecule has 278 valence electrons. The van der Waals surface area contributed by atoms with E-state index < -0.39 is 0 Å². The monoisotopic (exact) mass is 748 g/mol. The minimum absolute atomic E-state index is 0.157. The molecule has 0 atom stereocenters. The Morgan fingerprint density at radius 2 is 1.17 bits per heavy atom. The first-order valence-electron chi connectivity index (χ1n) is 20.4. The first kappa shape index (κ1) is 33.1. The van der Waals surface area contributed by atoms with E-state index in [0.29, 0.717) is 0 Å². The maximum atomic E-state index is 6.48. The van der Waals surface area contributed by atoms with Crippen molar-refractivity contribution < 1.29 is 9.47 Å². The van der Waals surface area contributed by atoms with E-state index in [4.69, 9.17) is 9.47 Å². The molecule has 0 radical (unpaired) electrons. The third kappa shape index (κ3) is 4.94. The fourth-order valence-electron chi connectivity index (χ4n) is 10.3. The van der Waals surface area contributed by atoms with Gasteiger partial charge in [0.1, 0.15) is 5.76 Å². The van der Waals surface area contributed by atoms with Gasteiger partial charge in [-0.3, -0.25) is 0 Å². The number of nitrogens with zero attached hydrogens (tertiary/aromatic N) is 2. The molecule has 58 heavy (non-hydrogen) atoms. The molecule has 1 spiro atoms. The SMILES string of the molecule is Cc1c(/C=C/c2ccc(N3c4ccccc4Oc4ccccc43)cc2)ccc2c1C1(Cc3ccccc3C1)c1cc(N3C4=C(CCC=C4)Oc4ccccc43)ccc1-2. The summed E-state index contributed by atoms with van der Waals surface area (Å²) in [5, 5.41) is 0. The fraction of sp³-hybridized carbons (Fsp3) is 0.111. The molecule has 2 heterocycles. The van der Waals surface area contributed by atoms with Crippen LogP contribution in [-0.4, -0.2) is 0 Å². The van der Waals surface area contributed by atoms with Crippen LogP contribution in [-0.2, 0) is 18.3 Å². The van der Waals surface area contributed by atoms with Gasteiger partial charge in [0.2, 0.25) is 0 Å². The number of anilines is 5. The van der Waals surface area contributed by atoms with Crippen LogP contribution in [0.3, 0.4) is 0 Å². The van der Waals surface area contributed by atoms with Gasteiger partial charge in [0.25, 0.3) is 0 Å². The van der Waals surface area contributed by atoms with Crippen molar-refractivity contribution in [3.8, 4) is 28.4 Å². The number of benzene rings is 7. The molecule has 0 bridgehead atoms. The molecule has 4 nitrogen and oxygen atoms in total. The third-order valence-electron chi connectivity index (χ3n) is 12.9. The second-order valence-electron chi connectivity index (χ2n) is 16.1. The van der Waals surface area contributed by atoms with Crippen LogP contribution < -0.4 is 19.3 Å². The van der Waals surface area contributed by atoms with Crippen molar-refractivity contribution in [2.24, 2.45) is 0 Å². The van der Waals surface area contributed by atoms with Crippen molar-refractivity contribution in [1.82, 2.24) is 0 Å². The van der Waals surface area contributed by atoms with Gasteiger partial charge in [0, 0.05) is 23.2 Å². The van der Waals surface area contributed by atoms with Crippen molar-refractivity contribution >= 4 is 40.6 Å². The lowest BCUT2D eigenvalue weighted by atomic mass is 9.73. The van der Waals surface area contributed by atoms with Crippen LogP contribution in [0.4, 0.5) is 28.4 Å². The average Bonchev–Trinajstić information content (AvgIpc) is 3.79. The topological polar surface area (TPSA) is 24.9 Å². The first-order valence-corrected chi connectivity index (χ1v) is 20.4. The summed E-state index contributed by atoms with van der Waals surface area (Å²) in [5.74, 6) is 3.69. The fourth-order valence-corrected chi connectivity index (χ4v) is 10.3. The Labute approximate surface area is 339 Å². The van der Waals surface area contributed by atoms with Crippen LogP contribution in [0.25, 0.3) is 23.3 Å². The molecule has 0 fully saturated rings. The minimum Gasteiger partial charge on any atom is -0.457 e. The van der Waals surface area contributed by atoms with Gasteiger partial charge in [0.05, 0.1) is 22.8 Å². The summed E-state index contributed by atoms with van der Waals surface area (Å²) in [6.07, 6.45) is 13.0. The highest BCUT2D eigenvalue weighted by atomic mass is 16.5. The van der Waals surface area contributed by atoms with E-state index in [1.54, 1.807) is 0 Å². The third-order valence-corrected chi connectivity index (χ3v) is 12.9. The average molecular weight is 749 g/mol. The molecule has 7 aromatic rings. The van der Waals surface area contributed by atoms with Crippen LogP contribution >= 0.6 is 0 Å². The van der Waals surface area contributed by atoms with Gasteiger partial charge in [-0.05, 0) is 143 Å². The standard InChI is InChI=1S/C54H40N2O2/c1-35-37(25-22-36-23-27-40(28-24-36)55-45-14-4-8-18-49(45)57-50-19-9-5-15-46(50)55)26-30-43-42-31-29-41(32-44(42)54(53(35)43)33-38-12-2-3-13-39(38)34-54)56-47-16-6-10-20-51(47)58-52-21-11-7-17-48(52)56/h2-10,12-20,22-32H,11,21,33-34H2,1H3/b25-22+. The van der Waals surface area contributed by atoms with Gasteiger partial charge in [-0.2, -0.15) is 0 Å². The van der Waals surface area contributed by atoms with Crippen LogP contribution in [0.2, 0.25) is 0 Å². The summed E-state index contributed by atoms with van der Waals surface area (Å²) < 4.78 is 12.7. The molecule has 0 saturated heterocycles. The van der Waals surface area contributed by atoms with Crippen LogP contribution in [0.1, 0.15) is 51.8 Å². The number of ether oxygens (including phenoxy) is 2. The van der Waals surface area contributed by atoms with Crippen LogP contribution in [0.15, 0.2) is 175 Å². The molecular weight excluding hydrogens is 709 g/mol. The zero-order chi connectivity index (χ0) is 38.4. The van der Waals surface area contributed by atoms with Crippen LogP contribution in [0, 0.1) is 6.92 Å². The van der Waals surface area contributed by atoms with E-state index in [1.807, 2.05) is 24.3 Å². The number of para-hydroxylation sites is 6. The van der Waals surface area contributed by atoms with Crippen molar-refractivity contribution in [2.45, 2.75) is 38.0 Å². The second-order valence-corrected chi connectivity index (χ2v) is 16.1. The molecule has 3 aliphatic carbocycles. The van der Waals surface area contributed by atoms with Crippen LogP contribution in [0.5, 0.6) is 17.2 Å². The summed E-state index contributed by atoms with van der Waals surface area (Å²) >= 11 is 0. The summed E-state index contributed by atoms with van der Waals surface area (Å²) in [7, 11) is 0. The first-order chi connectivity index (χ1) is 28.6. The quantitative estimate of drug-likeness (QED) is 0.167. The molecule has 0 aromatic heterocycles. The van der Waals surface area contributed by atoms with E-state index >= 15 is 0 Å². The number of allylic oxidation sites excluding steroid dienone is 3. The number of fused-ring (bicyclic) bond motifs is 9. The number of rotatable bonds is 4. The molecule has 12 rings (SSSR count). The maximum absolute atomic E-state index is 6.48. The number of hydrogen-bond donors (Lipinski definition) is 0. The van der Waals surface area contributed by atoms with Gasteiger partial charge < -0.3 is 19.3 Å². The van der Waals surface area contributed by atoms with Gasteiger partial charge in [-0.1, -0.05) is 109 Å². The van der Waals surface area contributed by atoms with E-state index in [0.717, 1.165) is 82.7 Å². The highest BCUT2D eigenvalue weighted by Crippen LogP contribution is 2.58. The summed E-state index contributed by atoms with van der Waals surface area (Å²) in [6, 6.07) is 54.8. The molecule has 0 N–H and O–H groups in total. The zero-order valence-electron chi connectivity index (χ0n) is 32.3. The lowest BCUT2D eigenvalue weighted by molar-refractivity contribution is 0.388.